The normalized spacial score (nSPS) is 12.3. The topological polar surface area (TPSA) is 55.5 Å². The summed E-state index contributed by atoms with van der Waals surface area (Å²) in [6.07, 6.45) is 2.31. The zero-order valence-electron chi connectivity index (χ0n) is 14.0. The lowest BCUT2D eigenvalue weighted by Gasteiger charge is -2.13. The Kier molecular flexibility index (Phi) is 4.37. The number of methoxy groups -OCH3 is 1. The molecule has 0 saturated heterocycles. The lowest BCUT2D eigenvalue weighted by atomic mass is 9.97. The van der Waals surface area contributed by atoms with E-state index >= 15 is 0 Å². The van der Waals surface area contributed by atoms with Crippen LogP contribution in [-0.2, 0) is 0 Å². The van der Waals surface area contributed by atoms with E-state index < -0.39 is 6.10 Å². The molecule has 0 spiro atoms. The molecule has 0 radical (unpaired) electrons. The van der Waals surface area contributed by atoms with Crippen molar-refractivity contribution in [3.8, 4) is 17.0 Å². The minimum atomic E-state index is -0.771. The van der Waals surface area contributed by atoms with Gasteiger partial charge in [0.05, 0.1) is 25.2 Å². The molecular formula is C21H16ClNO3. The summed E-state index contributed by atoms with van der Waals surface area (Å²) in [7, 11) is 1.59. The molecule has 4 aromatic rings. The third-order valence-electron chi connectivity index (χ3n) is 4.33. The second-order valence-corrected chi connectivity index (χ2v) is 6.39. The van der Waals surface area contributed by atoms with Gasteiger partial charge in [0.2, 0.25) is 5.88 Å². The lowest BCUT2D eigenvalue weighted by molar-refractivity contribution is 0.219. The zero-order chi connectivity index (χ0) is 18.1. The first-order valence-corrected chi connectivity index (χ1v) is 8.48. The summed E-state index contributed by atoms with van der Waals surface area (Å²) in [6, 6.07) is 16.9. The number of aliphatic hydroxyl groups excluding tert-OH is 1. The molecule has 2 heterocycles. The molecule has 130 valence electrons. The van der Waals surface area contributed by atoms with Crippen molar-refractivity contribution < 1.29 is 14.3 Å². The van der Waals surface area contributed by atoms with E-state index in [-0.39, 0.29) is 0 Å². The molecule has 5 heteroatoms. The van der Waals surface area contributed by atoms with Gasteiger partial charge in [-0.2, -0.15) is 0 Å². The molecule has 1 unspecified atom stereocenters. The molecule has 2 aromatic carbocycles. The first kappa shape index (κ1) is 16.6. The van der Waals surface area contributed by atoms with Crippen molar-refractivity contribution >= 4 is 22.5 Å². The molecule has 4 rings (SSSR count). The van der Waals surface area contributed by atoms with Crippen LogP contribution in [-0.4, -0.2) is 17.2 Å². The molecule has 1 atom stereocenters. The number of pyridine rings is 1. The van der Waals surface area contributed by atoms with E-state index in [2.05, 4.69) is 4.98 Å². The summed E-state index contributed by atoms with van der Waals surface area (Å²) < 4.78 is 10.4. The maximum Gasteiger partial charge on any atom is 0.214 e. The van der Waals surface area contributed by atoms with Crippen molar-refractivity contribution in [1.82, 2.24) is 4.98 Å². The Labute approximate surface area is 155 Å². The van der Waals surface area contributed by atoms with Gasteiger partial charge >= 0.3 is 0 Å². The molecule has 0 saturated carbocycles. The van der Waals surface area contributed by atoms with Crippen LogP contribution in [0.2, 0.25) is 5.02 Å². The highest BCUT2D eigenvalue weighted by molar-refractivity contribution is 6.30. The summed E-state index contributed by atoms with van der Waals surface area (Å²) in [5.74, 6) is 0.524. The molecule has 0 aliphatic rings. The Morgan fingerprint density at radius 2 is 1.96 bits per heavy atom. The van der Waals surface area contributed by atoms with Crippen molar-refractivity contribution in [2.75, 3.05) is 7.11 Å². The fourth-order valence-electron chi connectivity index (χ4n) is 3.01. The second-order valence-electron chi connectivity index (χ2n) is 5.96. The van der Waals surface area contributed by atoms with Crippen molar-refractivity contribution in [2.24, 2.45) is 0 Å². The molecule has 0 fully saturated rings. The van der Waals surface area contributed by atoms with Gasteiger partial charge in [0.15, 0.2) is 0 Å². The van der Waals surface area contributed by atoms with E-state index in [0.29, 0.717) is 16.5 Å². The standard InChI is InChI=1S/C21H16ClNO3/c1-25-20-11-17(13-3-2-4-16(22)9-13)18-10-14(5-6-19(18)23-20)21(24)15-7-8-26-12-15/h2-12,21,24H,1H3. The summed E-state index contributed by atoms with van der Waals surface area (Å²) >= 11 is 6.17. The molecule has 0 aliphatic carbocycles. The van der Waals surface area contributed by atoms with E-state index in [0.717, 1.165) is 27.6 Å². The van der Waals surface area contributed by atoms with E-state index in [1.54, 1.807) is 25.7 Å². The molecule has 0 aliphatic heterocycles. The van der Waals surface area contributed by atoms with Crippen LogP contribution in [0.15, 0.2) is 71.5 Å². The van der Waals surface area contributed by atoms with Gasteiger partial charge in [-0.3, -0.25) is 0 Å². The Morgan fingerprint density at radius 3 is 2.69 bits per heavy atom. The van der Waals surface area contributed by atoms with Gasteiger partial charge in [-0.05, 0) is 47.0 Å². The van der Waals surface area contributed by atoms with Gasteiger partial charge in [0, 0.05) is 22.0 Å². The van der Waals surface area contributed by atoms with E-state index in [1.807, 2.05) is 48.5 Å². The minimum Gasteiger partial charge on any atom is -0.481 e. The molecular weight excluding hydrogens is 350 g/mol. The molecule has 2 aromatic heterocycles. The van der Waals surface area contributed by atoms with Gasteiger partial charge in [0.1, 0.15) is 6.10 Å². The average Bonchev–Trinajstić information content (AvgIpc) is 3.21. The molecule has 0 bridgehead atoms. The van der Waals surface area contributed by atoms with Crippen molar-refractivity contribution in [2.45, 2.75) is 6.10 Å². The Morgan fingerprint density at radius 1 is 1.08 bits per heavy atom. The Bertz CT molecular complexity index is 1060. The van der Waals surface area contributed by atoms with Crippen LogP contribution < -0.4 is 4.74 Å². The van der Waals surface area contributed by atoms with Gasteiger partial charge in [-0.15, -0.1) is 0 Å². The van der Waals surface area contributed by atoms with Gasteiger partial charge in [-0.25, -0.2) is 4.98 Å². The summed E-state index contributed by atoms with van der Waals surface area (Å²) in [4.78, 5) is 4.51. The van der Waals surface area contributed by atoms with Crippen LogP contribution in [0.4, 0.5) is 0 Å². The zero-order valence-corrected chi connectivity index (χ0v) is 14.8. The number of nitrogens with zero attached hydrogens (tertiary/aromatic N) is 1. The Balaban J connectivity index is 1.92. The smallest absolute Gasteiger partial charge is 0.214 e. The molecule has 4 nitrogen and oxygen atoms in total. The number of aromatic nitrogens is 1. The monoisotopic (exact) mass is 365 g/mol. The fourth-order valence-corrected chi connectivity index (χ4v) is 3.20. The van der Waals surface area contributed by atoms with Crippen molar-refractivity contribution in [3.63, 3.8) is 0 Å². The van der Waals surface area contributed by atoms with Crippen molar-refractivity contribution in [3.05, 3.63) is 83.3 Å². The number of hydrogen-bond acceptors (Lipinski definition) is 4. The summed E-state index contributed by atoms with van der Waals surface area (Å²) in [6.45, 7) is 0. The number of halogens is 1. The fraction of sp³-hybridized carbons (Fsp3) is 0.0952. The number of hydrogen-bond donors (Lipinski definition) is 1. The minimum absolute atomic E-state index is 0.524. The first-order chi connectivity index (χ1) is 12.7. The SMILES string of the molecule is COc1cc(-c2cccc(Cl)c2)c2cc(C(O)c3ccoc3)ccc2n1. The highest BCUT2D eigenvalue weighted by atomic mass is 35.5. The number of fused-ring (bicyclic) bond motifs is 1. The van der Waals surface area contributed by atoms with Gasteiger partial charge in [0.25, 0.3) is 0 Å². The van der Waals surface area contributed by atoms with Crippen LogP contribution in [0.5, 0.6) is 5.88 Å². The maximum absolute atomic E-state index is 10.6. The third-order valence-corrected chi connectivity index (χ3v) is 4.56. The highest BCUT2D eigenvalue weighted by Crippen LogP contribution is 2.34. The third kappa shape index (κ3) is 3.05. The van der Waals surface area contributed by atoms with Gasteiger partial charge < -0.3 is 14.3 Å². The lowest BCUT2D eigenvalue weighted by Crippen LogP contribution is -1.99. The number of ether oxygens (including phenoxy) is 1. The predicted octanol–water partition coefficient (Wildman–Crippen LogP) is 5.24. The number of furan rings is 1. The summed E-state index contributed by atoms with van der Waals surface area (Å²) in [5.41, 5.74) is 4.14. The van der Waals surface area contributed by atoms with Crippen LogP contribution in [0.3, 0.4) is 0 Å². The number of rotatable bonds is 4. The van der Waals surface area contributed by atoms with Crippen molar-refractivity contribution in [1.29, 1.82) is 0 Å². The molecule has 26 heavy (non-hydrogen) atoms. The number of aliphatic hydroxyl groups is 1. The van der Waals surface area contributed by atoms with Crippen LogP contribution in [0.25, 0.3) is 22.0 Å². The largest absolute Gasteiger partial charge is 0.481 e. The molecule has 0 amide bonds. The van der Waals surface area contributed by atoms with E-state index in [1.165, 1.54) is 0 Å². The van der Waals surface area contributed by atoms with E-state index in [9.17, 15) is 5.11 Å². The maximum atomic E-state index is 10.6. The first-order valence-electron chi connectivity index (χ1n) is 8.10. The predicted molar refractivity (Wildman–Crippen MR) is 102 cm³/mol. The van der Waals surface area contributed by atoms with Crippen LogP contribution in [0, 0.1) is 0 Å². The van der Waals surface area contributed by atoms with E-state index in [4.69, 9.17) is 20.8 Å². The Hall–Kier alpha value is -2.82. The highest BCUT2D eigenvalue weighted by Gasteiger charge is 2.15. The van der Waals surface area contributed by atoms with Crippen LogP contribution in [0.1, 0.15) is 17.2 Å². The molecule has 1 N–H and O–H groups in total. The second kappa shape index (κ2) is 6.83. The van der Waals surface area contributed by atoms with Gasteiger partial charge in [-0.1, -0.05) is 29.8 Å². The van der Waals surface area contributed by atoms with Crippen LogP contribution >= 0.6 is 11.6 Å². The summed E-state index contributed by atoms with van der Waals surface area (Å²) in [5, 5.41) is 12.2. The average molecular weight is 366 g/mol. The number of benzene rings is 2. The quantitative estimate of drug-likeness (QED) is 0.537.